The zero-order valence-electron chi connectivity index (χ0n) is 11.4. The Kier molecular flexibility index (Phi) is 6.87. The first kappa shape index (κ1) is 16.0. The van der Waals surface area contributed by atoms with E-state index in [1.54, 1.807) is 12.1 Å². The molecule has 0 aliphatic carbocycles. The van der Waals surface area contributed by atoms with E-state index in [0.29, 0.717) is 30.3 Å². The van der Waals surface area contributed by atoms with Crippen molar-refractivity contribution in [1.29, 1.82) is 0 Å². The van der Waals surface area contributed by atoms with E-state index < -0.39 is 0 Å². The van der Waals surface area contributed by atoms with Gasteiger partial charge in [-0.25, -0.2) is 0 Å². The minimum atomic E-state index is -0.150. The minimum absolute atomic E-state index is 0.150. The second kappa shape index (κ2) is 8.17. The molecule has 0 radical (unpaired) electrons. The van der Waals surface area contributed by atoms with Crippen molar-refractivity contribution < 1.29 is 9.53 Å². The maximum Gasteiger partial charge on any atom is 0.253 e. The predicted octanol–water partition coefficient (Wildman–Crippen LogP) is 2.82. The Labute approximate surface area is 122 Å². The molecule has 1 aromatic carbocycles. The highest BCUT2D eigenvalue weighted by molar-refractivity contribution is 9.10. The van der Waals surface area contributed by atoms with E-state index in [0.717, 1.165) is 17.5 Å². The molecule has 0 aliphatic rings. The van der Waals surface area contributed by atoms with Gasteiger partial charge in [-0.2, -0.15) is 0 Å². The number of benzene rings is 1. The van der Waals surface area contributed by atoms with Gasteiger partial charge < -0.3 is 15.8 Å². The molecule has 0 aromatic heterocycles. The molecule has 0 unspecified atom stereocenters. The zero-order chi connectivity index (χ0) is 14.3. The summed E-state index contributed by atoms with van der Waals surface area (Å²) in [5, 5.41) is 2.84. The quantitative estimate of drug-likeness (QED) is 0.597. The van der Waals surface area contributed by atoms with Gasteiger partial charge in [0.25, 0.3) is 5.91 Å². The van der Waals surface area contributed by atoms with E-state index in [4.69, 9.17) is 10.5 Å². The number of halogens is 1. The lowest BCUT2D eigenvalue weighted by Crippen LogP contribution is -2.26. The third-order valence-electron chi connectivity index (χ3n) is 2.46. The van der Waals surface area contributed by atoms with Gasteiger partial charge in [-0.1, -0.05) is 29.8 Å². The number of carbonyl (C=O) groups excluding carboxylic acids is 1. The molecule has 19 heavy (non-hydrogen) atoms. The second-order valence-electron chi connectivity index (χ2n) is 4.81. The van der Waals surface area contributed by atoms with Crippen LogP contribution in [0.5, 0.6) is 0 Å². The molecular formula is C14H21BrN2O2. The number of nitrogens with two attached hydrogens (primary N) is 1. The average Bonchev–Trinajstić information content (AvgIpc) is 2.36. The summed E-state index contributed by atoms with van der Waals surface area (Å²) in [5.74, 6) is 0.388. The second-order valence-corrected chi connectivity index (χ2v) is 5.73. The lowest BCUT2D eigenvalue weighted by molar-refractivity contribution is 0.0925. The molecule has 0 bridgehead atoms. The number of hydrogen-bond acceptors (Lipinski definition) is 3. The molecular weight excluding hydrogens is 308 g/mol. The Hall–Kier alpha value is -1.07. The molecule has 0 fully saturated rings. The fourth-order valence-electron chi connectivity index (χ4n) is 1.52. The summed E-state index contributed by atoms with van der Waals surface area (Å²) in [6.07, 6.45) is 0.798. The van der Waals surface area contributed by atoms with Crippen molar-refractivity contribution >= 4 is 27.5 Å². The van der Waals surface area contributed by atoms with Crippen LogP contribution in [-0.2, 0) is 4.74 Å². The van der Waals surface area contributed by atoms with Crippen molar-refractivity contribution in [2.75, 3.05) is 25.5 Å². The van der Waals surface area contributed by atoms with Crippen LogP contribution in [0.4, 0.5) is 5.69 Å². The van der Waals surface area contributed by atoms with Crippen LogP contribution in [0.3, 0.4) is 0 Å². The monoisotopic (exact) mass is 328 g/mol. The Balaban J connectivity index is 2.29. The van der Waals surface area contributed by atoms with Crippen molar-refractivity contribution in [1.82, 2.24) is 5.32 Å². The lowest BCUT2D eigenvalue weighted by Gasteiger charge is -2.09. The van der Waals surface area contributed by atoms with Gasteiger partial charge >= 0.3 is 0 Å². The molecule has 5 heteroatoms. The van der Waals surface area contributed by atoms with Crippen molar-refractivity contribution in [3.63, 3.8) is 0 Å². The van der Waals surface area contributed by atoms with E-state index in [9.17, 15) is 4.79 Å². The van der Waals surface area contributed by atoms with Crippen LogP contribution in [0.2, 0.25) is 0 Å². The predicted molar refractivity (Wildman–Crippen MR) is 81.2 cm³/mol. The smallest absolute Gasteiger partial charge is 0.253 e. The first-order valence-corrected chi connectivity index (χ1v) is 7.21. The largest absolute Gasteiger partial charge is 0.398 e. The Morgan fingerprint density at radius 3 is 2.89 bits per heavy atom. The van der Waals surface area contributed by atoms with Gasteiger partial charge in [-0.3, -0.25) is 4.79 Å². The van der Waals surface area contributed by atoms with E-state index in [2.05, 4.69) is 35.1 Å². The number of amides is 1. The van der Waals surface area contributed by atoms with E-state index >= 15 is 0 Å². The molecule has 1 amide bonds. The molecule has 3 N–H and O–H groups in total. The van der Waals surface area contributed by atoms with Crippen molar-refractivity contribution in [2.45, 2.75) is 20.3 Å². The van der Waals surface area contributed by atoms with E-state index in [-0.39, 0.29) is 5.91 Å². The van der Waals surface area contributed by atoms with Crippen LogP contribution in [-0.4, -0.2) is 25.7 Å². The summed E-state index contributed by atoms with van der Waals surface area (Å²) in [7, 11) is 0. The summed E-state index contributed by atoms with van der Waals surface area (Å²) in [5.41, 5.74) is 6.75. The number of hydrogen-bond donors (Lipinski definition) is 2. The van der Waals surface area contributed by atoms with E-state index in [1.165, 1.54) is 0 Å². The SMILES string of the molecule is CC(C)COCCCNC(=O)c1cc(Br)ccc1N. The maximum absolute atomic E-state index is 11.9. The van der Waals surface area contributed by atoms with Gasteiger partial charge in [-0.15, -0.1) is 0 Å². The minimum Gasteiger partial charge on any atom is -0.398 e. The van der Waals surface area contributed by atoms with Gasteiger partial charge in [0, 0.05) is 29.9 Å². The third-order valence-corrected chi connectivity index (χ3v) is 2.96. The van der Waals surface area contributed by atoms with Gasteiger partial charge in [-0.05, 0) is 30.5 Å². The van der Waals surface area contributed by atoms with Gasteiger partial charge in [0.2, 0.25) is 0 Å². The molecule has 0 heterocycles. The topological polar surface area (TPSA) is 64.3 Å². The number of nitrogen functional groups attached to an aromatic ring is 1. The lowest BCUT2D eigenvalue weighted by atomic mass is 10.1. The summed E-state index contributed by atoms with van der Waals surface area (Å²) in [4.78, 5) is 11.9. The highest BCUT2D eigenvalue weighted by atomic mass is 79.9. The first-order chi connectivity index (χ1) is 9.00. The number of rotatable bonds is 7. The van der Waals surface area contributed by atoms with Crippen molar-refractivity contribution in [2.24, 2.45) is 5.92 Å². The number of carbonyl (C=O) groups is 1. The van der Waals surface area contributed by atoms with Crippen LogP contribution in [0.25, 0.3) is 0 Å². The Bertz CT molecular complexity index is 422. The normalized spacial score (nSPS) is 10.7. The Morgan fingerprint density at radius 1 is 1.47 bits per heavy atom. The fraction of sp³-hybridized carbons (Fsp3) is 0.500. The molecule has 0 atom stereocenters. The maximum atomic E-state index is 11.9. The number of ether oxygens (including phenoxy) is 1. The van der Waals surface area contributed by atoms with Crippen molar-refractivity contribution in [3.8, 4) is 0 Å². The van der Waals surface area contributed by atoms with E-state index in [1.807, 2.05) is 6.07 Å². The highest BCUT2D eigenvalue weighted by Gasteiger charge is 2.09. The number of nitrogens with one attached hydrogen (secondary N) is 1. The zero-order valence-corrected chi connectivity index (χ0v) is 13.0. The summed E-state index contributed by atoms with van der Waals surface area (Å²) in [6, 6.07) is 5.25. The van der Waals surface area contributed by atoms with Crippen LogP contribution in [0.1, 0.15) is 30.6 Å². The van der Waals surface area contributed by atoms with Crippen molar-refractivity contribution in [3.05, 3.63) is 28.2 Å². The van der Waals surface area contributed by atoms with Crippen LogP contribution in [0, 0.1) is 5.92 Å². The molecule has 1 rings (SSSR count). The Morgan fingerprint density at radius 2 is 2.21 bits per heavy atom. The third kappa shape index (κ3) is 6.07. The summed E-state index contributed by atoms with van der Waals surface area (Å²) in [6.45, 7) is 6.22. The van der Waals surface area contributed by atoms with Crippen LogP contribution in [0.15, 0.2) is 22.7 Å². The molecule has 0 saturated carbocycles. The molecule has 0 saturated heterocycles. The molecule has 0 aliphatic heterocycles. The fourth-order valence-corrected chi connectivity index (χ4v) is 1.88. The summed E-state index contributed by atoms with van der Waals surface area (Å²) < 4.78 is 6.28. The summed E-state index contributed by atoms with van der Waals surface area (Å²) >= 11 is 3.32. The standard InChI is InChI=1S/C14H21BrN2O2/c1-10(2)9-19-7-3-6-17-14(18)12-8-11(15)4-5-13(12)16/h4-5,8,10H,3,6-7,9,16H2,1-2H3,(H,17,18). The van der Waals surface area contributed by atoms with Gasteiger partial charge in [0.1, 0.15) is 0 Å². The number of anilines is 1. The van der Waals surface area contributed by atoms with Crippen LogP contribution >= 0.6 is 15.9 Å². The molecule has 1 aromatic rings. The van der Waals surface area contributed by atoms with Gasteiger partial charge in [0.05, 0.1) is 5.56 Å². The molecule has 4 nitrogen and oxygen atoms in total. The highest BCUT2D eigenvalue weighted by Crippen LogP contribution is 2.18. The molecule has 106 valence electrons. The average molecular weight is 329 g/mol. The first-order valence-electron chi connectivity index (χ1n) is 6.41. The van der Waals surface area contributed by atoms with Gasteiger partial charge in [0.15, 0.2) is 0 Å². The van der Waals surface area contributed by atoms with Crippen LogP contribution < -0.4 is 11.1 Å². The molecule has 0 spiro atoms.